The molecule has 1 aromatic heterocycles. The highest BCUT2D eigenvalue weighted by atomic mass is 127. The first-order valence-corrected chi connectivity index (χ1v) is 11.4. The van der Waals surface area contributed by atoms with E-state index >= 15 is 0 Å². The number of halogens is 1. The number of hydrogen-bond acceptors (Lipinski definition) is 6. The fourth-order valence-electron chi connectivity index (χ4n) is 3.77. The average Bonchev–Trinajstić information content (AvgIpc) is 3.40. The third-order valence-electron chi connectivity index (χ3n) is 5.79. The second kappa shape index (κ2) is 14.2. The van der Waals surface area contributed by atoms with E-state index < -0.39 is 0 Å². The molecular formula is C21H39IN6O3. The minimum atomic E-state index is 0. The first kappa shape index (κ1) is 26.3. The van der Waals surface area contributed by atoms with Crippen molar-refractivity contribution in [1.29, 1.82) is 0 Å². The lowest BCUT2D eigenvalue weighted by molar-refractivity contribution is -0.0367. The van der Waals surface area contributed by atoms with Crippen molar-refractivity contribution in [1.82, 2.24) is 25.0 Å². The molecule has 2 saturated heterocycles. The highest BCUT2D eigenvalue weighted by Gasteiger charge is 2.24. The van der Waals surface area contributed by atoms with Crippen LogP contribution in [0, 0.1) is 6.92 Å². The second-order valence-electron chi connectivity index (χ2n) is 7.99. The smallest absolute Gasteiger partial charge is 0.194 e. The molecule has 0 bridgehead atoms. The molecule has 3 rings (SSSR count). The number of nitrogens with zero attached hydrogens (tertiary/aromatic N) is 5. The third-order valence-corrected chi connectivity index (χ3v) is 5.79. The van der Waals surface area contributed by atoms with Crippen molar-refractivity contribution in [2.75, 3.05) is 46.1 Å². The monoisotopic (exact) mass is 550 g/mol. The Bertz CT molecular complexity index is 658. The number of aromatic nitrogens is 3. The van der Waals surface area contributed by atoms with E-state index in [1.165, 1.54) is 0 Å². The molecule has 178 valence electrons. The number of aliphatic imine (C=N–C) groups is 1. The summed E-state index contributed by atoms with van der Waals surface area (Å²) in [6, 6.07) is 0. The van der Waals surface area contributed by atoms with Gasteiger partial charge in [-0.05, 0) is 46.0 Å². The highest BCUT2D eigenvalue weighted by molar-refractivity contribution is 14.0. The van der Waals surface area contributed by atoms with Gasteiger partial charge in [-0.15, -0.1) is 34.2 Å². The molecule has 2 aliphatic heterocycles. The zero-order chi connectivity index (χ0) is 21.2. The molecule has 0 amide bonds. The maximum Gasteiger partial charge on any atom is 0.194 e. The summed E-state index contributed by atoms with van der Waals surface area (Å²) in [5.41, 5.74) is 0. The van der Waals surface area contributed by atoms with Crippen LogP contribution < -0.4 is 5.32 Å². The van der Waals surface area contributed by atoms with Crippen LogP contribution in [-0.2, 0) is 27.8 Å². The molecule has 2 aliphatic rings. The summed E-state index contributed by atoms with van der Waals surface area (Å²) in [6.07, 6.45) is 5.87. The third kappa shape index (κ3) is 8.47. The number of nitrogens with one attached hydrogen (secondary N) is 1. The Morgan fingerprint density at radius 3 is 2.71 bits per heavy atom. The largest absolute Gasteiger partial charge is 0.382 e. The van der Waals surface area contributed by atoms with Crippen molar-refractivity contribution in [2.24, 2.45) is 12.0 Å². The summed E-state index contributed by atoms with van der Waals surface area (Å²) >= 11 is 0. The molecule has 0 saturated carbocycles. The van der Waals surface area contributed by atoms with Gasteiger partial charge in [-0.25, -0.2) is 4.99 Å². The molecule has 10 heteroatoms. The Morgan fingerprint density at radius 2 is 2.06 bits per heavy atom. The van der Waals surface area contributed by atoms with Crippen LogP contribution in [0.3, 0.4) is 0 Å². The van der Waals surface area contributed by atoms with Crippen LogP contribution in [0.15, 0.2) is 4.99 Å². The molecule has 31 heavy (non-hydrogen) atoms. The topological polar surface area (TPSA) is 86.0 Å². The molecule has 9 nitrogen and oxygen atoms in total. The van der Waals surface area contributed by atoms with Crippen molar-refractivity contribution in [3.63, 3.8) is 0 Å². The molecule has 3 heterocycles. The number of guanidine groups is 1. The van der Waals surface area contributed by atoms with Crippen LogP contribution in [0.1, 0.15) is 50.7 Å². The zero-order valence-electron chi connectivity index (χ0n) is 19.2. The molecule has 0 aromatic carbocycles. The SMILES string of the molecule is CCOCCCNC(=NCc1nnc(C)n1C)N1CCC(OCC2CCCO2)CC1.I. The van der Waals surface area contributed by atoms with Crippen LogP contribution in [0.2, 0.25) is 0 Å². The lowest BCUT2D eigenvalue weighted by atomic mass is 10.1. The van der Waals surface area contributed by atoms with E-state index in [0.717, 1.165) is 95.8 Å². The normalized spacial score (nSPS) is 20.2. The molecule has 0 radical (unpaired) electrons. The van der Waals surface area contributed by atoms with Gasteiger partial charge in [0.05, 0.1) is 18.8 Å². The van der Waals surface area contributed by atoms with Crippen LogP contribution in [0.25, 0.3) is 0 Å². The van der Waals surface area contributed by atoms with Crippen LogP contribution in [-0.4, -0.2) is 83.9 Å². The molecule has 0 spiro atoms. The van der Waals surface area contributed by atoms with Crippen molar-refractivity contribution >= 4 is 29.9 Å². The minimum absolute atomic E-state index is 0. The highest BCUT2D eigenvalue weighted by Crippen LogP contribution is 2.18. The van der Waals surface area contributed by atoms with E-state index in [1.807, 2.05) is 25.5 Å². The summed E-state index contributed by atoms with van der Waals surface area (Å²) in [4.78, 5) is 7.18. The van der Waals surface area contributed by atoms with Gasteiger partial charge in [-0.2, -0.15) is 0 Å². The summed E-state index contributed by atoms with van der Waals surface area (Å²) in [6.45, 7) is 10.3. The lowest BCUT2D eigenvalue weighted by Crippen LogP contribution is -2.47. The minimum Gasteiger partial charge on any atom is -0.382 e. The van der Waals surface area contributed by atoms with Gasteiger partial charge >= 0.3 is 0 Å². The van der Waals surface area contributed by atoms with Crippen molar-refractivity contribution in [3.05, 3.63) is 11.6 Å². The predicted octanol–water partition coefficient (Wildman–Crippen LogP) is 2.27. The van der Waals surface area contributed by atoms with Gasteiger partial charge in [0.15, 0.2) is 11.8 Å². The van der Waals surface area contributed by atoms with Gasteiger partial charge in [0, 0.05) is 46.5 Å². The van der Waals surface area contributed by atoms with Gasteiger partial charge in [0.25, 0.3) is 0 Å². The molecular weight excluding hydrogens is 511 g/mol. The maximum absolute atomic E-state index is 6.12. The van der Waals surface area contributed by atoms with Crippen LogP contribution >= 0.6 is 24.0 Å². The Hall–Kier alpha value is -0.980. The van der Waals surface area contributed by atoms with Gasteiger partial charge in [0.2, 0.25) is 0 Å². The Balaban J connectivity index is 0.00000341. The van der Waals surface area contributed by atoms with Gasteiger partial charge < -0.3 is 29.0 Å². The van der Waals surface area contributed by atoms with E-state index in [9.17, 15) is 0 Å². The summed E-state index contributed by atoms with van der Waals surface area (Å²) in [7, 11) is 1.98. The molecule has 2 fully saturated rings. The van der Waals surface area contributed by atoms with Crippen molar-refractivity contribution < 1.29 is 14.2 Å². The number of piperidine rings is 1. The average molecular weight is 550 g/mol. The molecule has 1 N–H and O–H groups in total. The van der Waals surface area contributed by atoms with E-state index in [-0.39, 0.29) is 24.0 Å². The summed E-state index contributed by atoms with van der Waals surface area (Å²) in [5.74, 6) is 2.70. The van der Waals surface area contributed by atoms with Crippen LogP contribution in [0.4, 0.5) is 0 Å². The zero-order valence-corrected chi connectivity index (χ0v) is 21.5. The number of ether oxygens (including phenoxy) is 3. The van der Waals surface area contributed by atoms with E-state index in [4.69, 9.17) is 19.2 Å². The first-order chi connectivity index (χ1) is 14.7. The Morgan fingerprint density at radius 1 is 1.26 bits per heavy atom. The molecule has 1 unspecified atom stereocenters. The van der Waals surface area contributed by atoms with Gasteiger partial charge in [-0.3, -0.25) is 0 Å². The molecule has 0 aliphatic carbocycles. The van der Waals surface area contributed by atoms with Gasteiger partial charge in [0.1, 0.15) is 12.4 Å². The number of rotatable bonds is 10. The lowest BCUT2D eigenvalue weighted by Gasteiger charge is -2.34. The molecule has 1 aromatic rings. The van der Waals surface area contributed by atoms with Crippen molar-refractivity contribution in [3.8, 4) is 0 Å². The predicted molar refractivity (Wildman–Crippen MR) is 131 cm³/mol. The second-order valence-corrected chi connectivity index (χ2v) is 7.99. The standard InChI is InChI=1S/C21H38N6O3.HI/c1-4-28-13-6-10-22-21(23-15-20-25-24-17(2)26(20)3)27-11-8-18(9-12-27)30-16-19-7-5-14-29-19;/h18-19H,4-16H2,1-3H3,(H,22,23);1H. The quantitative estimate of drug-likeness (QED) is 0.207. The van der Waals surface area contributed by atoms with Gasteiger partial charge in [-0.1, -0.05) is 0 Å². The number of aryl methyl sites for hydroxylation is 1. The fourth-order valence-corrected chi connectivity index (χ4v) is 3.77. The summed E-state index contributed by atoms with van der Waals surface area (Å²) in [5, 5.41) is 11.9. The van der Waals surface area contributed by atoms with E-state index in [0.29, 0.717) is 18.8 Å². The summed E-state index contributed by atoms with van der Waals surface area (Å²) < 4.78 is 19.2. The van der Waals surface area contributed by atoms with Crippen molar-refractivity contribution in [2.45, 2.75) is 64.7 Å². The molecule has 1 atom stereocenters. The number of likely N-dealkylation sites (tertiary alicyclic amines) is 1. The van der Waals surface area contributed by atoms with Crippen LogP contribution in [0.5, 0.6) is 0 Å². The number of hydrogen-bond donors (Lipinski definition) is 1. The Labute approximate surface area is 203 Å². The maximum atomic E-state index is 6.12. The van der Waals surface area contributed by atoms with E-state index in [1.54, 1.807) is 0 Å². The Kier molecular flexibility index (Phi) is 12.1. The van der Waals surface area contributed by atoms with E-state index in [2.05, 4.69) is 20.4 Å². The first-order valence-electron chi connectivity index (χ1n) is 11.4. The fraction of sp³-hybridized carbons (Fsp3) is 0.857.